The van der Waals surface area contributed by atoms with Gasteiger partial charge in [0.05, 0.1) is 0 Å². The Morgan fingerprint density at radius 3 is 1.94 bits per heavy atom. The average Bonchev–Trinajstić information content (AvgIpc) is 2.77. The van der Waals surface area contributed by atoms with Crippen molar-refractivity contribution in [3.05, 3.63) is 59.5 Å². The first-order valence-electron chi connectivity index (χ1n) is 4.78. The van der Waals surface area contributed by atoms with Gasteiger partial charge in [0.1, 0.15) is 12.0 Å². The highest BCUT2D eigenvalue weighted by Crippen LogP contribution is 2.01. The average molecular weight is 216 g/mol. The number of aldehydes is 2. The second-order valence-corrected chi connectivity index (χ2v) is 3.09. The first-order chi connectivity index (χ1) is 7.76. The van der Waals surface area contributed by atoms with Crippen LogP contribution in [0.5, 0.6) is 0 Å². The summed E-state index contributed by atoms with van der Waals surface area (Å²) >= 11 is 0. The number of furan rings is 1. The van der Waals surface area contributed by atoms with Crippen LogP contribution in [0.1, 0.15) is 26.7 Å². The lowest BCUT2D eigenvalue weighted by Gasteiger charge is -1.81. The summed E-state index contributed by atoms with van der Waals surface area (Å²) in [6, 6.07) is 12.5. The fraction of sp³-hybridized carbons (Fsp3) is 0.0769. The van der Waals surface area contributed by atoms with E-state index in [0.717, 1.165) is 17.6 Å². The zero-order valence-corrected chi connectivity index (χ0v) is 8.92. The van der Waals surface area contributed by atoms with E-state index in [1.807, 2.05) is 18.2 Å². The molecule has 1 aromatic heterocycles. The van der Waals surface area contributed by atoms with Gasteiger partial charge >= 0.3 is 0 Å². The summed E-state index contributed by atoms with van der Waals surface area (Å²) in [5.74, 6) is 1.16. The van der Waals surface area contributed by atoms with E-state index in [1.54, 1.807) is 31.2 Å². The molecule has 0 N–H and O–H groups in total. The van der Waals surface area contributed by atoms with Gasteiger partial charge < -0.3 is 4.42 Å². The number of hydrogen-bond donors (Lipinski definition) is 0. The van der Waals surface area contributed by atoms with Gasteiger partial charge in [0, 0.05) is 5.56 Å². The number of benzene rings is 1. The minimum absolute atomic E-state index is 0.391. The van der Waals surface area contributed by atoms with Crippen LogP contribution in [0.2, 0.25) is 0 Å². The van der Waals surface area contributed by atoms with Crippen LogP contribution in [-0.4, -0.2) is 12.6 Å². The molecular weight excluding hydrogens is 204 g/mol. The molecule has 0 fully saturated rings. The van der Waals surface area contributed by atoms with Gasteiger partial charge in [0.25, 0.3) is 0 Å². The molecule has 0 aliphatic heterocycles. The van der Waals surface area contributed by atoms with Crippen molar-refractivity contribution in [2.75, 3.05) is 0 Å². The van der Waals surface area contributed by atoms with E-state index in [4.69, 9.17) is 4.42 Å². The van der Waals surface area contributed by atoms with Gasteiger partial charge in [-0.15, -0.1) is 0 Å². The van der Waals surface area contributed by atoms with E-state index in [0.29, 0.717) is 12.0 Å². The largest absolute Gasteiger partial charge is 0.459 e. The van der Waals surface area contributed by atoms with E-state index in [9.17, 15) is 9.59 Å². The summed E-state index contributed by atoms with van der Waals surface area (Å²) in [6.45, 7) is 1.80. The van der Waals surface area contributed by atoms with Crippen LogP contribution in [0, 0.1) is 6.92 Å². The van der Waals surface area contributed by atoms with Crippen LogP contribution in [0.3, 0.4) is 0 Å². The molecule has 0 aliphatic rings. The Morgan fingerprint density at radius 2 is 1.62 bits per heavy atom. The van der Waals surface area contributed by atoms with E-state index in [1.165, 1.54) is 0 Å². The molecule has 0 amide bonds. The second kappa shape index (κ2) is 6.35. The summed E-state index contributed by atoms with van der Waals surface area (Å²) in [5.41, 5.74) is 0.729. The quantitative estimate of drug-likeness (QED) is 0.725. The zero-order valence-electron chi connectivity index (χ0n) is 8.92. The van der Waals surface area contributed by atoms with E-state index >= 15 is 0 Å². The van der Waals surface area contributed by atoms with Crippen LogP contribution in [-0.2, 0) is 0 Å². The SMILES string of the molecule is Cc1ccc(C=O)o1.O=Cc1ccccc1. The maximum Gasteiger partial charge on any atom is 0.185 e. The van der Waals surface area contributed by atoms with Crippen molar-refractivity contribution in [2.24, 2.45) is 0 Å². The molecule has 0 atom stereocenters. The lowest BCUT2D eigenvalue weighted by atomic mass is 10.2. The lowest BCUT2D eigenvalue weighted by Crippen LogP contribution is -1.73. The Morgan fingerprint density at radius 1 is 0.938 bits per heavy atom. The predicted octanol–water partition coefficient (Wildman–Crippen LogP) is 2.90. The van der Waals surface area contributed by atoms with E-state index in [2.05, 4.69) is 0 Å². The minimum Gasteiger partial charge on any atom is -0.459 e. The molecule has 3 nitrogen and oxygen atoms in total. The number of hydrogen-bond acceptors (Lipinski definition) is 3. The highest BCUT2D eigenvalue weighted by atomic mass is 16.3. The molecule has 2 aromatic rings. The van der Waals surface area contributed by atoms with Crippen LogP contribution in [0.4, 0.5) is 0 Å². The van der Waals surface area contributed by atoms with Gasteiger partial charge in [-0.25, -0.2) is 0 Å². The van der Waals surface area contributed by atoms with Crippen LogP contribution >= 0.6 is 0 Å². The van der Waals surface area contributed by atoms with Gasteiger partial charge in [-0.05, 0) is 19.1 Å². The molecule has 1 heterocycles. The fourth-order valence-electron chi connectivity index (χ4n) is 1.05. The highest BCUT2D eigenvalue weighted by molar-refractivity contribution is 5.74. The van der Waals surface area contributed by atoms with Crippen molar-refractivity contribution in [3.8, 4) is 0 Å². The molecule has 0 saturated heterocycles. The van der Waals surface area contributed by atoms with E-state index < -0.39 is 0 Å². The Kier molecular flexibility index (Phi) is 4.73. The lowest BCUT2D eigenvalue weighted by molar-refractivity contribution is 0.109. The van der Waals surface area contributed by atoms with Crippen molar-refractivity contribution < 1.29 is 14.0 Å². The Bertz CT molecular complexity index is 443. The molecule has 0 aliphatic carbocycles. The third kappa shape index (κ3) is 3.92. The fourth-order valence-corrected chi connectivity index (χ4v) is 1.05. The molecule has 82 valence electrons. The van der Waals surface area contributed by atoms with Crippen molar-refractivity contribution in [3.63, 3.8) is 0 Å². The third-order valence-corrected chi connectivity index (χ3v) is 1.81. The standard InChI is InChI=1S/C7H6O.C6H6O2/c8-6-7-4-2-1-3-5-7;1-5-2-3-6(4-7)8-5/h1-6H;2-4H,1H3. The molecule has 0 bridgehead atoms. The molecule has 0 spiro atoms. The molecule has 2 rings (SSSR count). The minimum atomic E-state index is 0.391. The van der Waals surface area contributed by atoms with Crippen molar-refractivity contribution >= 4 is 12.6 Å². The highest BCUT2D eigenvalue weighted by Gasteiger charge is 1.91. The molecular formula is C13H12O3. The molecule has 0 radical (unpaired) electrons. The zero-order chi connectivity index (χ0) is 11.8. The maximum absolute atomic E-state index is 10.0. The molecule has 3 heteroatoms. The summed E-state index contributed by atoms with van der Waals surface area (Å²) in [5, 5.41) is 0. The van der Waals surface area contributed by atoms with Gasteiger partial charge in [0.2, 0.25) is 0 Å². The Labute approximate surface area is 93.7 Å². The first-order valence-corrected chi connectivity index (χ1v) is 4.78. The molecule has 16 heavy (non-hydrogen) atoms. The summed E-state index contributed by atoms with van der Waals surface area (Å²) in [7, 11) is 0. The normalized spacial score (nSPS) is 8.81. The monoisotopic (exact) mass is 216 g/mol. The van der Waals surface area contributed by atoms with Gasteiger partial charge in [-0.1, -0.05) is 30.3 Å². The topological polar surface area (TPSA) is 47.3 Å². The van der Waals surface area contributed by atoms with Crippen molar-refractivity contribution in [1.29, 1.82) is 0 Å². The number of carbonyl (C=O) groups excluding carboxylic acids is 2. The first kappa shape index (κ1) is 11.9. The Hall–Kier alpha value is -2.16. The second-order valence-electron chi connectivity index (χ2n) is 3.09. The third-order valence-electron chi connectivity index (χ3n) is 1.81. The van der Waals surface area contributed by atoms with Crippen LogP contribution in [0.25, 0.3) is 0 Å². The molecule has 0 saturated carbocycles. The van der Waals surface area contributed by atoms with Gasteiger partial charge in [0.15, 0.2) is 12.0 Å². The van der Waals surface area contributed by atoms with E-state index in [-0.39, 0.29) is 0 Å². The maximum atomic E-state index is 10.0. The number of carbonyl (C=O) groups is 2. The number of rotatable bonds is 2. The summed E-state index contributed by atoms with van der Waals surface area (Å²) in [6.07, 6.45) is 1.52. The van der Waals surface area contributed by atoms with Gasteiger partial charge in [-0.2, -0.15) is 0 Å². The summed E-state index contributed by atoms with van der Waals surface area (Å²) < 4.78 is 4.86. The van der Waals surface area contributed by atoms with Crippen molar-refractivity contribution in [2.45, 2.75) is 6.92 Å². The Balaban J connectivity index is 0.000000160. The predicted molar refractivity (Wildman–Crippen MR) is 60.7 cm³/mol. The number of aryl methyl sites for hydroxylation is 1. The van der Waals surface area contributed by atoms with Crippen molar-refractivity contribution in [1.82, 2.24) is 0 Å². The smallest absolute Gasteiger partial charge is 0.185 e. The van der Waals surface area contributed by atoms with Crippen LogP contribution < -0.4 is 0 Å². The molecule has 1 aromatic carbocycles. The molecule has 0 unspecified atom stereocenters. The van der Waals surface area contributed by atoms with Gasteiger partial charge in [-0.3, -0.25) is 9.59 Å². The summed E-state index contributed by atoms with van der Waals surface area (Å²) in [4.78, 5) is 19.9. The van der Waals surface area contributed by atoms with Crippen LogP contribution in [0.15, 0.2) is 46.9 Å².